The van der Waals surface area contributed by atoms with E-state index in [9.17, 15) is 0 Å². The van der Waals surface area contributed by atoms with E-state index in [0.29, 0.717) is 13.1 Å². The van der Waals surface area contributed by atoms with Gasteiger partial charge in [0.1, 0.15) is 5.75 Å². The van der Waals surface area contributed by atoms with Crippen LogP contribution in [-0.2, 0) is 13.1 Å². The maximum absolute atomic E-state index is 6.08. The lowest BCUT2D eigenvalue weighted by atomic mass is 10.1. The van der Waals surface area contributed by atoms with E-state index in [4.69, 9.17) is 4.74 Å². The topological polar surface area (TPSA) is 76.4 Å². The van der Waals surface area contributed by atoms with Crippen LogP contribution in [0.5, 0.6) is 5.75 Å². The number of pyridine rings is 1. The van der Waals surface area contributed by atoms with E-state index in [1.54, 1.807) is 7.05 Å². The Labute approximate surface area is 189 Å². The summed E-state index contributed by atoms with van der Waals surface area (Å²) >= 11 is 0. The summed E-state index contributed by atoms with van der Waals surface area (Å²) in [5, 5.41) is 11.2. The van der Waals surface area contributed by atoms with Crippen molar-refractivity contribution in [2.24, 2.45) is 10.9 Å². The first kappa shape index (κ1) is 21.9. The van der Waals surface area contributed by atoms with Crippen LogP contribution in [0, 0.1) is 26.7 Å². The van der Waals surface area contributed by atoms with Gasteiger partial charge in [0.2, 0.25) is 0 Å². The van der Waals surface area contributed by atoms with Crippen molar-refractivity contribution in [1.29, 1.82) is 0 Å². The zero-order valence-corrected chi connectivity index (χ0v) is 19.4. The summed E-state index contributed by atoms with van der Waals surface area (Å²) < 4.78 is 7.94. The maximum Gasteiger partial charge on any atom is 0.191 e. The van der Waals surface area contributed by atoms with Crippen LogP contribution in [0.4, 0.5) is 0 Å². The molecule has 0 aliphatic heterocycles. The number of ether oxygens (including phenoxy) is 1. The van der Waals surface area contributed by atoms with Crippen LogP contribution >= 0.6 is 0 Å². The quantitative estimate of drug-likeness (QED) is 0.418. The molecule has 32 heavy (non-hydrogen) atoms. The molecule has 0 spiro atoms. The van der Waals surface area contributed by atoms with Crippen LogP contribution < -0.4 is 15.4 Å². The largest absolute Gasteiger partial charge is 0.493 e. The molecular weight excluding hydrogens is 400 g/mol. The monoisotopic (exact) mass is 432 g/mol. The van der Waals surface area contributed by atoms with Crippen LogP contribution in [0.2, 0.25) is 0 Å². The molecule has 0 atom stereocenters. The molecule has 1 fully saturated rings. The third kappa shape index (κ3) is 5.66. The highest BCUT2D eigenvalue weighted by Gasteiger charge is 2.22. The molecule has 3 aromatic rings. The Morgan fingerprint density at radius 1 is 1.09 bits per heavy atom. The van der Waals surface area contributed by atoms with Gasteiger partial charge in [0, 0.05) is 37.6 Å². The first-order chi connectivity index (χ1) is 15.5. The van der Waals surface area contributed by atoms with Crippen molar-refractivity contribution in [3.05, 3.63) is 70.7 Å². The summed E-state index contributed by atoms with van der Waals surface area (Å²) in [7, 11) is 1.78. The molecule has 2 heterocycles. The maximum atomic E-state index is 6.08. The fraction of sp³-hybridized carbons (Fsp3) is 0.400. The fourth-order valence-corrected chi connectivity index (χ4v) is 3.53. The van der Waals surface area contributed by atoms with Gasteiger partial charge in [0.15, 0.2) is 11.8 Å². The molecule has 2 N–H and O–H groups in total. The van der Waals surface area contributed by atoms with Gasteiger partial charge in [0.25, 0.3) is 0 Å². The minimum absolute atomic E-state index is 0.628. The van der Waals surface area contributed by atoms with E-state index >= 15 is 0 Å². The van der Waals surface area contributed by atoms with Gasteiger partial charge in [0.05, 0.1) is 12.3 Å². The number of aliphatic imine (C=N–C) groups is 1. The van der Waals surface area contributed by atoms with Crippen LogP contribution in [0.3, 0.4) is 0 Å². The molecule has 0 bridgehead atoms. The molecule has 1 aliphatic carbocycles. The third-order valence-electron chi connectivity index (χ3n) is 5.56. The summed E-state index contributed by atoms with van der Waals surface area (Å²) in [6.45, 7) is 8.19. The van der Waals surface area contributed by atoms with E-state index < -0.39 is 0 Å². The summed E-state index contributed by atoms with van der Waals surface area (Å²) in [5.41, 5.74) is 5.47. The average Bonchev–Trinajstić information content (AvgIpc) is 3.56. The molecular formula is C25H32N6O. The number of rotatable bonds is 8. The molecule has 0 radical (unpaired) electrons. The van der Waals surface area contributed by atoms with E-state index in [2.05, 4.69) is 56.9 Å². The molecule has 2 aromatic heterocycles. The fourth-order valence-electron chi connectivity index (χ4n) is 3.53. The van der Waals surface area contributed by atoms with Crippen molar-refractivity contribution >= 4 is 5.96 Å². The van der Waals surface area contributed by atoms with E-state index in [1.165, 1.54) is 18.4 Å². The first-order valence-corrected chi connectivity index (χ1v) is 11.2. The molecule has 4 rings (SSSR count). The Morgan fingerprint density at radius 2 is 1.91 bits per heavy atom. The SMILES string of the molecule is CN=C(NCc1ccc(-n2nc(C)cc2C)nc1)NCc1ccc(C)cc1OCC1CC1. The van der Waals surface area contributed by atoms with Crippen LogP contribution in [0.1, 0.15) is 40.9 Å². The average molecular weight is 433 g/mol. The van der Waals surface area contributed by atoms with Crippen LogP contribution in [0.25, 0.3) is 5.82 Å². The molecule has 7 nitrogen and oxygen atoms in total. The molecule has 0 unspecified atom stereocenters. The van der Waals surface area contributed by atoms with Gasteiger partial charge >= 0.3 is 0 Å². The Bertz CT molecular complexity index is 1080. The van der Waals surface area contributed by atoms with Gasteiger partial charge in [-0.2, -0.15) is 5.10 Å². The minimum atomic E-state index is 0.628. The minimum Gasteiger partial charge on any atom is -0.493 e. The van der Waals surface area contributed by atoms with Gasteiger partial charge in [-0.05, 0) is 68.9 Å². The van der Waals surface area contributed by atoms with Gasteiger partial charge in [-0.3, -0.25) is 4.99 Å². The Kier molecular flexibility index (Phi) is 6.73. The zero-order valence-electron chi connectivity index (χ0n) is 19.4. The Morgan fingerprint density at radius 3 is 2.56 bits per heavy atom. The predicted octanol–water partition coefficient (Wildman–Crippen LogP) is 3.85. The van der Waals surface area contributed by atoms with Crippen molar-refractivity contribution in [3.8, 4) is 11.6 Å². The molecule has 0 saturated heterocycles. The number of benzene rings is 1. The predicted molar refractivity (Wildman–Crippen MR) is 127 cm³/mol. The highest BCUT2D eigenvalue weighted by Crippen LogP contribution is 2.30. The van der Waals surface area contributed by atoms with Crippen molar-refractivity contribution in [2.75, 3.05) is 13.7 Å². The summed E-state index contributed by atoms with van der Waals surface area (Å²) in [6, 6.07) is 12.5. The standard InChI is InChI=1S/C25H32N6O/c1-17-5-9-22(23(11-17)32-16-20-6-7-20)15-29-25(26-4)28-14-21-8-10-24(27-13-21)31-19(3)12-18(2)30-31/h5,8-13,20H,6-7,14-16H2,1-4H3,(H2,26,28,29). The third-order valence-corrected chi connectivity index (χ3v) is 5.56. The molecule has 168 valence electrons. The normalized spacial score (nSPS) is 13.8. The van der Waals surface area contributed by atoms with Gasteiger partial charge in [-0.15, -0.1) is 0 Å². The van der Waals surface area contributed by atoms with Gasteiger partial charge in [-0.25, -0.2) is 9.67 Å². The Balaban J connectivity index is 1.32. The molecule has 7 heteroatoms. The van der Waals surface area contributed by atoms with E-state index in [0.717, 1.165) is 52.6 Å². The molecule has 0 amide bonds. The second-order valence-electron chi connectivity index (χ2n) is 8.51. The highest BCUT2D eigenvalue weighted by atomic mass is 16.5. The van der Waals surface area contributed by atoms with E-state index in [-0.39, 0.29) is 0 Å². The van der Waals surface area contributed by atoms with E-state index in [1.807, 2.05) is 36.9 Å². The number of aromatic nitrogens is 3. The first-order valence-electron chi connectivity index (χ1n) is 11.2. The number of hydrogen-bond acceptors (Lipinski definition) is 4. The Hall–Kier alpha value is -3.35. The second-order valence-corrected chi connectivity index (χ2v) is 8.51. The summed E-state index contributed by atoms with van der Waals surface area (Å²) in [5.74, 6) is 3.25. The van der Waals surface area contributed by atoms with Crippen molar-refractivity contribution < 1.29 is 4.74 Å². The van der Waals surface area contributed by atoms with Gasteiger partial charge in [-0.1, -0.05) is 18.2 Å². The van der Waals surface area contributed by atoms with Crippen molar-refractivity contribution in [1.82, 2.24) is 25.4 Å². The summed E-state index contributed by atoms with van der Waals surface area (Å²) in [6.07, 6.45) is 4.44. The summed E-state index contributed by atoms with van der Waals surface area (Å²) in [4.78, 5) is 8.91. The van der Waals surface area contributed by atoms with Crippen LogP contribution in [0.15, 0.2) is 47.6 Å². The lowest BCUT2D eigenvalue weighted by molar-refractivity contribution is 0.296. The lowest BCUT2D eigenvalue weighted by Crippen LogP contribution is -2.36. The highest BCUT2D eigenvalue weighted by molar-refractivity contribution is 5.79. The van der Waals surface area contributed by atoms with Crippen molar-refractivity contribution in [3.63, 3.8) is 0 Å². The number of hydrogen-bond donors (Lipinski definition) is 2. The van der Waals surface area contributed by atoms with Crippen molar-refractivity contribution in [2.45, 2.75) is 46.7 Å². The number of aryl methyl sites for hydroxylation is 3. The van der Waals surface area contributed by atoms with Gasteiger partial charge < -0.3 is 15.4 Å². The molecule has 1 saturated carbocycles. The lowest BCUT2D eigenvalue weighted by Gasteiger charge is -2.15. The smallest absolute Gasteiger partial charge is 0.191 e. The number of guanidine groups is 1. The molecule has 1 aliphatic rings. The number of nitrogens with one attached hydrogen (secondary N) is 2. The zero-order chi connectivity index (χ0) is 22.5. The molecule has 1 aromatic carbocycles. The number of nitrogens with zero attached hydrogens (tertiary/aromatic N) is 4. The van der Waals surface area contributed by atoms with Crippen LogP contribution in [-0.4, -0.2) is 34.4 Å². The second kappa shape index (κ2) is 9.85.